The molecule has 2 heterocycles. The van der Waals surface area contributed by atoms with Gasteiger partial charge in [-0.3, -0.25) is 10.00 Å². The molecule has 2 rings (SSSR count). The predicted octanol–water partition coefficient (Wildman–Crippen LogP) is 1.39. The van der Waals surface area contributed by atoms with Crippen molar-refractivity contribution in [1.82, 2.24) is 29.9 Å². The number of hydrogen-bond acceptors (Lipinski definition) is 4. The summed E-state index contributed by atoms with van der Waals surface area (Å²) in [4.78, 5) is 2.27. The van der Waals surface area contributed by atoms with Crippen molar-refractivity contribution in [2.45, 2.75) is 39.8 Å². The lowest BCUT2D eigenvalue weighted by Crippen LogP contribution is -2.23. The summed E-state index contributed by atoms with van der Waals surface area (Å²) in [5, 5.41) is 15.3. The van der Waals surface area contributed by atoms with Crippen molar-refractivity contribution < 1.29 is 0 Å². The van der Waals surface area contributed by atoms with Gasteiger partial charge in [-0.25, -0.2) is 0 Å². The maximum absolute atomic E-state index is 4.31. The van der Waals surface area contributed by atoms with Crippen molar-refractivity contribution >= 4 is 0 Å². The van der Waals surface area contributed by atoms with Crippen molar-refractivity contribution in [2.75, 3.05) is 13.6 Å². The molecular formula is C13H22N6. The number of hydrogen-bond donors (Lipinski definition) is 1. The third-order valence-electron chi connectivity index (χ3n) is 3.16. The van der Waals surface area contributed by atoms with Crippen molar-refractivity contribution in [2.24, 2.45) is 0 Å². The summed E-state index contributed by atoms with van der Waals surface area (Å²) >= 11 is 0. The Kier molecular flexibility index (Phi) is 4.68. The Morgan fingerprint density at radius 1 is 1.42 bits per heavy atom. The number of nitrogens with zero attached hydrogens (tertiary/aromatic N) is 5. The second kappa shape index (κ2) is 6.47. The van der Waals surface area contributed by atoms with E-state index < -0.39 is 0 Å². The zero-order chi connectivity index (χ0) is 13.7. The molecule has 0 spiro atoms. The molecule has 0 saturated heterocycles. The molecule has 1 N–H and O–H groups in total. The highest BCUT2D eigenvalue weighted by Crippen LogP contribution is 2.05. The molecule has 2 aromatic heterocycles. The van der Waals surface area contributed by atoms with Crippen LogP contribution < -0.4 is 0 Å². The van der Waals surface area contributed by atoms with Crippen molar-refractivity contribution in [3.8, 4) is 0 Å². The van der Waals surface area contributed by atoms with Gasteiger partial charge in [0.2, 0.25) is 0 Å². The largest absolute Gasteiger partial charge is 0.317 e. The van der Waals surface area contributed by atoms with Crippen LogP contribution in [-0.2, 0) is 19.5 Å². The first-order valence-electron chi connectivity index (χ1n) is 6.75. The minimum Gasteiger partial charge on any atom is -0.317 e. The van der Waals surface area contributed by atoms with E-state index in [-0.39, 0.29) is 0 Å². The number of likely N-dealkylation sites (N-methyl/N-ethyl adjacent to an activating group) is 1. The summed E-state index contributed by atoms with van der Waals surface area (Å²) in [6.45, 7) is 6.89. The second-order valence-corrected chi connectivity index (χ2v) is 4.94. The topological polar surface area (TPSA) is 62.6 Å². The fourth-order valence-electron chi connectivity index (χ4n) is 2.06. The van der Waals surface area contributed by atoms with Crippen LogP contribution in [0.5, 0.6) is 0 Å². The van der Waals surface area contributed by atoms with Gasteiger partial charge in [-0.15, -0.1) is 10.2 Å². The van der Waals surface area contributed by atoms with E-state index in [0.717, 1.165) is 44.0 Å². The van der Waals surface area contributed by atoms with Gasteiger partial charge in [0, 0.05) is 25.3 Å². The standard InChI is InChI=1S/C13H22N6/c1-4-5-12-8-13(17-16-12)9-18(3)6-7-19-10-14-15-11(19)2/h8,10H,4-7,9H2,1-3H3,(H,16,17). The first kappa shape index (κ1) is 13.7. The smallest absolute Gasteiger partial charge is 0.129 e. The molecule has 0 saturated carbocycles. The lowest BCUT2D eigenvalue weighted by molar-refractivity contribution is 0.306. The second-order valence-electron chi connectivity index (χ2n) is 4.94. The third-order valence-corrected chi connectivity index (χ3v) is 3.16. The maximum atomic E-state index is 4.31. The number of aromatic amines is 1. The van der Waals surface area contributed by atoms with Crippen LogP contribution in [0.15, 0.2) is 12.4 Å². The number of rotatable bonds is 7. The van der Waals surface area contributed by atoms with Crippen LogP contribution in [0.3, 0.4) is 0 Å². The van der Waals surface area contributed by atoms with Gasteiger partial charge in [0.25, 0.3) is 0 Å². The van der Waals surface area contributed by atoms with Crippen molar-refractivity contribution in [3.63, 3.8) is 0 Å². The molecule has 0 radical (unpaired) electrons. The number of nitrogens with one attached hydrogen (secondary N) is 1. The van der Waals surface area contributed by atoms with E-state index in [9.17, 15) is 0 Å². The molecule has 0 aliphatic heterocycles. The van der Waals surface area contributed by atoms with Gasteiger partial charge >= 0.3 is 0 Å². The number of aryl methyl sites for hydroxylation is 2. The van der Waals surface area contributed by atoms with Gasteiger partial charge in [0.15, 0.2) is 0 Å². The average molecular weight is 262 g/mol. The minimum atomic E-state index is 0.887. The van der Waals surface area contributed by atoms with Crippen LogP contribution in [0.2, 0.25) is 0 Å². The molecule has 0 atom stereocenters. The lowest BCUT2D eigenvalue weighted by atomic mass is 10.2. The Balaban J connectivity index is 1.80. The molecule has 0 aliphatic carbocycles. The molecule has 6 heteroatoms. The summed E-state index contributed by atoms with van der Waals surface area (Å²) in [7, 11) is 2.11. The summed E-state index contributed by atoms with van der Waals surface area (Å²) in [6.07, 6.45) is 3.95. The molecule has 6 nitrogen and oxygen atoms in total. The third kappa shape index (κ3) is 3.89. The molecule has 0 amide bonds. The summed E-state index contributed by atoms with van der Waals surface area (Å²) in [5.41, 5.74) is 2.33. The lowest BCUT2D eigenvalue weighted by Gasteiger charge is -2.15. The molecule has 104 valence electrons. The Morgan fingerprint density at radius 3 is 2.95 bits per heavy atom. The van der Waals surface area contributed by atoms with E-state index in [4.69, 9.17) is 0 Å². The molecule has 2 aromatic rings. The van der Waals surface area contributed by atoms with E-state index >= 15 is 0 Å². The van der Waals surface area contributed by atoms with Crippen LogP contribution in [0.1, 0.15) is 30.6 Å². The summed E-state index contributed by atoms with van der Waals surface area (Å²) in [6, 6.07) is 2.16. The predicted molar refractivity (Wildman–Crippen MR) is 73.7 cm³/mol. The highest BCUT2D eigenvalue weighted by molar-refractivity contribution is 5.08. The summed E-state index contributed by atoms with van der Waals surface area (Å²) in [5.74, 6) is 0.958. The molecule has 0 fully saturated rings. The van der Waals surface area contributed by atoms with Gasteiger partial charge in [-0.2, -0.15) is 5.10 Å². The van der Waals surface area contributed by atoms with Gasteiger partial charge in [-0.1, -0.05) is 13.3 Å². The van der Waals surface area contributed by atoms with Crippen molar-refractivity contribution in [3.05, 3.63) is 29.6 Å². The van der Waals surface area contributed by atoms with Gasteiger partial charge < -0.3 is 4.57 Å². The molecule has 19 heavy (non-hydrogen) atoms. The molecule has 0 unspecified atom stereocenters. The van der Waals surface area contributed by atoms with E-state index in [0.29, 0.717) is 0 Å². The molecule has 0 bridgehead atoms. The molecular weight excluding hydrogens is 240 g/mol. The van der Waals surface area contributed by atoms with E-state index in [1.807, 2.05) is 6.92 Å². The van der Waals surface area contributed by atoms with Crippen LogP contribution >= 0.6 is 0 Å². The van der Waals surface area contributed by atoms with Crippen LogP contribution in [0.4, 0.5) is 0 Å². The number of aromatic nitrogens is 5. The fourth-order valence-corrected chi connectivity index (χ4v) is 2.06. The van der Waals surface area contributed by atoms with E-state index in [1.54, 1.807) is 6.33 Å². The van der Waals surface area contributed by atoms with Crippen LogP contribution in [-0.4, -0.2) is 43.5 Å². The van der Waals surface area contributed by atoms with Gasteiger partial charge in [-0.05, 0) is 26.5 Å². The first-order valence-corrected chi connectivity index (χ1v) is 6.75. The van der Waals surface area contributed by atoms with Gasteiger partial charge in [0.1, 0.15) is 12.2 Å². The van der Waals surface area contributed by atoms with E-state index in [2.05, 4.69) is 49.9 Å². The SMILES string of the molecule is CCCc1cc(CN(C)CCn2cnnc2C)[nH]n1. The molecule has 0 aliphatic rings. The Hall–Kier alpha value is -1.69. The van der Waals surface area contributed by atoms with Gasteiger partial charge in [0.05, 0.1) is 5.69 Å². The zero-order valence-corrected chi connectivity index (χ0v) is 11.9. The monoisotopic (exact) mass is 262 g/mol. The molecule has 0 aromatic carbocycles. The van der Waals surface area contributed by atoms with E-state index in [1.165, 1.54) is 5.69 Å². The zero-order valence-electron chi connectivity index (χ0n) is 11.9. The Bertz CT molecular complexity index is 501. The van der Waals surface area contributed by atoms with Crippen LogP contribution in [0.25, 0.3) is 0 Å². The fraction of sp³-hybridized carbons (Fsp3) is 0.615. The summed E-state index contributed by atoms with van der Waals surface area (Å²) < 4.78 is 2.06. The normalized spacial score (nSPS) is 11.4. The first-order chi connectivity index (χ1) is 9.19. The number of H-pyrrole nitrogens is 1. The average Bonchev–Trinajstić information content (AvgIpc) is 2.97. The quantitative estimate of drug-likeness (QED) is 0.819. The minimum absolute atomic E-state index is 0.887. The Labute approximate surface area is 113 Å². The maximum Gasteiger partial charge on any atom is 0.129 e. The Morgan fingerprint density at radius 2 is 2.26 bits per heavy atom. The highest BCUT2D eigenvalue weighted by Gasteiger charge is 2.05. The highest BCUT2D eigenvalue weighted by atomic mass is 15.3. The van der Waals surface area contributed by atoms with Crippen LogP contribution in [0, 0.1) is 6.92 Å². The van der Waals surface area contributed by atoms with Crippen molar-refractivity contribution in [1.29, 1.82) is 0 Å².